The fraction of sp³-hybridized carbons (Fsp3) is 0.588. The van der Waals surface area contributed by atoms with Crippen molar-refractivity contribution < 1.29 is 18.3 Å². The van der Waals surface area contributed by atoms with Crippen LogP contribution in [0.15, 0.2) is 28.7 Å². The summed E-state index contributed by atoms with van der Waals surface area (Å²) in [6.07, 6.45) is 0.707. The van der Waals surface area contributed by atoms with Gasteiger partial charge in [0.2, 0.25) is 5.90 Å². The molecule has 0 unspecified atom stereocenters. The second-order valence-corrected chi connectivity index (χ2v) is 9.58. The molecule has 1 aliphatic rings. The van der Waals surface area contributed by atoms with E-state index in [0.717, 1.165) is 5.56 Å². The number of ether oxygens (including phenoxy) is 1. The predicted molar refractivity (Wildman–Crippen MR) is 96.1 cm³/mol. The Hall–Kier alpha value is -1.11. The van der Waals surface area contributed by atoms with Crippen molar-refractivity contribution in [3.63, 3.8) is 0 Å². The lowest BCUT2D eigenvalue weighted by Crippen LogP contribution is -2.56. The van der Waals surface area contributed by atoms with Crippen LogP contribution in [0.2, 0.25) is 5.02 Å². The maximum absolute atomic E-state index is 12.5. The van der Waals surface area contributed by atoms with Crippen molar-refractivity contribution in [1.29, 1.82) is 0 Å². The summed E-state index contributed by atoms with van der Waals surface area (Å²) in [7, 11) is -3.70. The fourth-order valence-electron chi connectivity index (χ4n) is 2.61. The van der Waals surface area contributed by atoms with Gasteiger partial charge in [0.05, 0.1) is 0 Å². The first-order valence-corrected chi connectivity index (χ1v) is 9.71. The van der Waals surface area contributed by atoms with Crippen LogP contribution in [0.5, 0.6) is 0 Å². The van der Waals surface area contributed by atoms with E-state index in [1.54, 1.807) is 33.8 Å². The van der Waals surface area contributed by atoms with Gasteiger partial charge in [-0.25, -0.2) is 8.42 Å². The summed E-state index contributed by atoms with van der Waals surface area (Å²) in [5.74, 6) is -0.00708. The van der Waals surface area contributed by atoms with E-state index in [1.807, 2.05) is 18.2 Å². The van der Waals surface area contributed by atoms with Gasteiger partial charge in [-0.15, -0.1) is 4.40 Å². The first-order valence-electron chi connectivity index (χ1n) is 7.89. The highest BCUT2D eigenvalue weighted by Crippen LogP contribution is 2.40. The van der Waals surface area contributed by atoms with E-state index < -0.39 is 20.4 Å². The third-order valence-electron chi connectivity index (χ3n) is 4.93. The van der Waals surface area contributed by atoms with Crippen LogP contribution in [0.4, 0.5) is 0 Å². The lowest BCUT2D eigenvalue weighted by Gasteiger charge is -2.43. The standard InChI is InChI=1S/C17H24ClNO4S/c1-16(2)17(3,4)24(21,22)19-15(23-16)11-12(9-10-20)13-7-5-6-8-14(13)18/h5-8,12,20H,9-11H2,1-4H3/t12-/m1/s1. The Labute approximate surface area is 148 Å². The number of rotatable bonds is 5. The van der Waals surface area contributed by atoms with Crippen molar-refractivity contribution in [2.45, 2.75) is 56.8 Å². The van der Waals surface area contributed by atoms with Crippen LogP contribution < -0.4 is 0 Å². The van der Waals surface area contributed by atoms with Gasteiger partial charge in [-0.1, -0.05) is 29.8 Å². The first-order chi connectivity index (χ1) is 11.0. The van der Waals surface area contributed by atoms with Crippen molar-refractivity contribution >= 4 is 27.5 Å². The number of aliphatic hydroxyl groups is 1. The number of sulfonamides is 1. The molecule has 0 saturated heterocycles. The van der Waals surface area contributed by atoms with Gasteiger partial charge in [0.1, 0.15) is 10.3 Å². The predicted octanol–water partition coefficient (Wildman–Crippen LogP) is 3.51. The molecule has 1 heterocycles. The molecule has 1 aromatic carbocycles. The molecule has 0 spiro atoms. The molecular formula is C17H24ClNO4S. The Bertz CT molecular complexity index is 741. The molecule has 2 rings (SSSR count). The summed E-state index contributed by atoms with van der Waals surface area (Å²) in [5.41, 5.74) is -0.0628. The zero-order valence-electron chi connectivity index (χ0n) is 14.4. The minimum absolute atomic E-state index is 0.0369. The van der Waals surface area contributed by atoms with Crippen LogP contribution in [0.1, 0.15) is 52.0 Å². The van der Waals surface area contributed by atoms with Crippen molar-refractivity contribution in [3.05, 3.63) is 34.9 Å². The molecule has 0 radical (unpaired) electrons. The first kappa shape index (κ1) is 19.2. The van der Waals surface area contributed by atoms with Gasteiger partial charge >= 0.3 is 0 Å². The molecule has 1 aromatic rings. The topological polar surface area (TPSA) is 76.0 Å². The van der Waals surface area contributed by atoms with Crippen LogP contribution in [0.3, 0.4) is 0 Å². The van der Waals surface area contributed by atoms with E-state index in [9.17, 15) is 13.5 Å². The normalized spacial score (nSPS) is 22.3. The molecule has 1 N–H and O–H groups in total. The summed E-state index contributed by atoms with van der Waals surface area (Å²) in [6.45, 7) is 6.68. The molecule has 7 heteroatoms. The summed E-state index contributed by atoms with van der Waals surface area (Å²) in [4.78, 5) is 0. The number of benzene rings is 1. The Morgan fingerprint density at radius 2 is 1.88 bits per heavy atom. The Morgan fingerprint density at radius 3 is 2.42 bits per heavy atom. The van der Waals surface area contributed by atoms with Gasteiger partial charge in [0.15, 0.2) is 0 Å². The third-order valence-corrected chi connectivity index (χ3v) is 7.50. The summed E-state index contributed by atoms with van der Waals surface area (Å²) in [5, 5.41) is 9.94. The lowest BCUT2D eigenvalue weighted by molar-refractivity contribution is 0.0505. The van der Waals surface area contributed by atoms with Gasteiger partial charge < -0.3 is 9.84 Å². The van der Waals surface area contributed by atoms with E-state index in [1.165, 1.54) is 0 Å². The molecule has 134 valence electrons. The molecule has 24 heavy (non-hydrogen) atoms. The molecule has 5 nitrogen and oxygen atoms in total. The zero-order valence-corrected chi connectivity index (χ0v) is 16.0. The van der Waals surface area contributed by atoms with E-state index >= 15 is 0 Å². The summed E-state index contributed by atoms with van der Waals surface area (Å²) < 4.78 is 33.7. The number of nitrogens with zero attached hydrogens (tertiary/aromatic N) is 1. The van der Waals surface area contributed by atoms with Crippen LogP contribution in [0, 0.1) is 0 Å². The van der Waals surface area contributed by atoms with Gasteiger partial charge in [-0.05, 0) is 51.7 Å². The molecule has 0 saturated carbocycles. The van der Waals surface area contributed by atoms with Gasteiger partial charge in [0.25, 0.3) is 10.0 Å². The number of hydrogen-bond acceptors (Lipinski definition) is 4. The Morgan fingerprint density at radius 1 is 1.25 bits per heavy atom. The van der Waals surface area contributed by atoms with Crippen LogP contribution in [0.25, 0.3) is 0 Å². The quantitative estimate of drug-likeness (QED) is 0.856. The maximum atomic E-state index is 12.5. The molecule has 0 aliphatic carbocycles. The Balaban J connectivity index is 2.38. The SMILES string of the molecule is CC1(C)OC(C[C@@H](CCO)c2ccccc2Cl)=NS(=O)(=O)C1(C)C. The smallest absolute Gasteiger partial charge is 0.265 e. The van der Waals surface area contributed by atoms with Crippen molar-refractivity contribution in [2.24, 2.45) is 4.40 Å². The number of aliphatic hydroxyl groups excluding tert-OH is 1. The fourth-order valence-corrected chi connectivity index (χ4v) is 4.18. The van der Waals surface area contributed by atoms with Gasteiger partial charge in [-0.2, -0.15) is 0 Å². The summed E-state index contributed by atoms with van der Waals surface area (Å²) in [6, 6.07) is 7.33. The zero-order chi connectivity index (χ0) is 18.2. The highest BCUT2D eigenvalue weighted by atomic mass is 35.5. The second kappa shape index (κ2) is 6.65. The average molecular weight is 374 g/mol. The Kier molecular flexibility index (Phi) is 5.33. The van der Waals surface area contributed by atoms with E-state index in [0.29, 0.717) is 11.4 Å². The van der Waals surface area contributed by atoms with Crippen molar-refractivity contribution in [3.8, 4) is 0 Å². The van der Waals surface area contributed by atoms with E-state index in [4.69, 9.17) is 16.3 Å². The highest BCUT2D eigenvalue weighted by molar-refractivity contribution is 7.91. The number of hydrogen-bond donors (Lipinski definition) is 1. The third kappa shape index (κ3) is 3.46. The minimum Gasteiger partial charge on any atom is -0.472 e. The molecular weight excluding hydrogens is 350 g/mol. The maximum Gasteiger partial charge on any atom is 0.265 e. The summed E-state index contributed by atoms with van der Waals surface area (Å²) >= 11 is 6.25. The lowest BCUT2D eigenvalue weighted by atomic mass is 9.91. The minimum atomic E-state index is -3.70. The van der Waals surface area contributed by atoms with Crippen LogP contribution in [-0.4, -0.2) is 36.4 Å². The molecule has 0 amide bonds. The average Bonchev–Trinajstić information content (AvgIpc) is 2.45. The van der Waals surface area contributed by atoms with Crippen LogP contribution in [-0.2, 0) is 14.8 Å². The van der Waals surface area contributed by atoms with Gasteiger partial charge in [0, 0.05) is 18.1 Å². The second-order valence-electron chi connectivity index (χ2n) is 7.02. The van der Waals surface area contributed by atoms with Gasteiger partial charge in [-0.3, -0.25) is 0 Å². The van der Waals surface area contributed by atoms with Crippen molar-refractivity contribution in [2.75, 3.05) is 6.61 Å². The molecule has 0 bridgehead atoms. The largest absolute Gasteiger partial charge is 0.472 e. The molecule has 0 fully saturated rings. The van der Waals surface area contributed by atoms with E-state index in [-0.39, 0.29) is 24.8 Å². The van der Waals surface area contributed by atoms with Crippen molar-refractivity contribution in [1.82, 2.24) is 0 Å². The monoisotopic (exact) mass is 373 g/mol. The number of halogens is 1. The molecule has 1 atom stereocenters. The molecule has 0 aromatic heterocycles. The van der Waals surface area contributed by atoms with Crippen LogP contribution >= 0.6 is 11.6 Å². The molecule has 1 aliphatic heterocycles. The highest BCUT2D eigenvalue weighted by Gasteiger charge is 2.53. The van der Waals surface area contributed by atoms with E-state index in [2.05, 4.69) is 4.40 Å².